The van der Waals surface area contributed by atoms with Gasteiger partial charge in [0, 0.05) is 31.6 Å². The molecule has 1 saturated heterocycles. The zero-order chi connectivity index (χ0) is 23.4. The molecule has 8 nitrogen and oxygen atoms in total. The minimum atomic E-state index is -4.55. The Morgan fingerprint density at radius 3 is 2.70 bits per heavy atom. The Kier molecular flexibility index (Phi) is 5.13. The molecule has 1 aliphatic carbocycles. The van der Waals surface area contributed by atoms with Crippen molar-refractivity contribution in [3.63, 3.8) is 0 Å². The van der Waals surface area contributed by atoms with Gasteiger partial charge in [-0.3, -0.25) is 9.78 Å². The van der Waals surface area contributed by atoms with Crippen LogP contribution in [0.25, 0.3) is 5.65 Å². The fraction of sp³-hybridized carbons (Fsp3) is 0.455. The van der Waals surface area contributed by atoms with Gasteiger partial charge in [-0.25, -0.2) is 9.50 Å². The van der Waals surface area contributed by atoms with E-state index in [0.717, 1.165) is 24.5 Å². The van der Waals surface area contributed by atoms with Crippen molar-refractivity contribution in [1.82, 2.24) is 24.9 Å². The van der Waals surface area contributed by atoms with Crippen molar-refractivity contribution < 1.29 is 27.8 Å². The number of aryl methyl sites for hydroxylation is 1. The number of rotatable bonds is 4. The molecule has 2 atom stereocenters. The molecule has 2 aliphatic rings. The highest BCUT2D eigenvalue weighted by molar-refractivity contribution is 6.01. The molecule has 174 valence electrons. The van der Waals surface area contributed by atoms with E-state index < -0.39 is 29.3 Å². The number of aliphatic hydroxyl groups is 1. The summed E-state index contributed by atoms with van der Waals surface area (Å²) in [4.78, 5) is 21.8. The summed E-state index contributed by atoms with van der Waals surface area (Å²) >= 11 is 0. The number of carbonyl (C=O) groups is 1. The van der Waals surface area contributed by atoms with Gasteiger partial charge in [-0.1, -0.05) is 0 Å². The molecule has 11 heteroatoms. The highest BCUT2D eigenvalue weighted by atomic mass is 19.4. The highest BCUT2D eigenvalue weighted by Gasteiger charge is 2.46. The van der Waals surface area contributed by atoms with Crippen LogP contribution in [0.1, 0.15) is 58.1 Å². The van der Waals surface area contributed by atoms with Gasteiger partial charge in [0.15, 0.2) is 5.65 Å². The van der Waals surface area contributed by atoms with E-state index in [1.54, 1.807) is 17.6 Å². The highest BCUT2D eigenvalue weighted by Crippen LogP contribution is 2.40. The molecule has 0 spiro atoms. The van der Waals surface area contributed by atoms with Gasteiger partial charge in [-0.05, 0) is 43.4 Å². The van der Waals surface area contributed by atoms with Crippen LogP contribution in [0.5, 0.6) is 0 Å². The van der Waals surface area contributed by atoms with Gasteiger partial charge in [-0.2, -0.15) is 18.3 Å². The SMILES string of the molecule is Cc1nn2cc(C3CC3)cnc2c1C(=O)N[C@]1(c2ccc(C(F)(F)F)cn2)CCOC[C@H]1O. The molecule has 4 heterocycles. The predicted octanol–water partition coefficient (Wildman–Crippen LogP) is 2.74. The van der Waals surface area contributed by atoms with Gasteiger partial charge in [0.25, 0.3) is 5.91 Å². The number of halogens is 3. The molecule has 2 N–H and O–H groups in total. The quantitative estimate of drug-likeness (QED) is 0.620. The number of amides is 1. The summed E-state index contributed by atoms with van der Waals surface area (Å²) in [5.74, 6) is -0.0769. The van der Waals surface area contributed by atoms with Gasteiger partial charge >= 0.3 is 6.18 Å². The Hall–Kier alpha value is -3.05. The topological polar surface area (TPSA) is 102 Å². The zero-order valence-electron chi connectivity index (χ0n) is 17.8. The van der Waals surface area contributed by atoms with Gasteiger partial charge in [0.2, 0.25) is 0 Å². The lowest BCUT2D eigenvalue weighted by atomic mass is 9.83. The van der Waals surface area contributed by atoms with Crippen molar-refractivity contribution in [3.8, 4) is 0 Å². The molecule has 3 aromatic heterocycles. The lowest BCUT2D eigenvalue weighted by Gasteiger charge is -2.41. The normalized spacial score (nSPS) is 23.6. The lowest BCUT2D eigenvalue weighted by molar-refractivity contribution is -0.137. The minimum absolute atomic E-state index is 0.0975. The summed E-state index contributed by atoms with van der Waals surface area (Å²) in [6, 6.07) is 2.07. The molecule has 2 fully saturated rings. The molecule has 0 aromatic carbocycles. The number of carbonyl (C=O) groups excluding carboxylic acids is 1. The average Bonchev–Trinajstić information content (AvgIpc) is 3.56. The molecule has 0 unspecified atom stereocenters. The summed E-state index contributed by atoms with van der Waals surface area (Å²) in [5, 5.41) is 18.0. The summed E-state index contributed by atoms with van der Waals surface area (Å²) < 4.78 is 45.9. The number of pyridine rings is 1. The van der Waals surface area contributed by atoms with E-state index in [1.807, 2.05) is 6.20 Å². The minimum Gasteiger partial charge on any atom is -0.388 e. The van der Waals surface area contributed by atoms with E-state index in [9.17, 15) is 23.1 Å². The molecule has 5 rings (SSSR count). The van der Waals surface area contributed by atoms with Gasteiger partial charge in [0.1, 0.15) is 17.2 Å². The van der Waals surface area contributed by atoms with Crippen molar-refractivity contribution in [1.29, 1.82) is 0 Å². The molecule has 1 saturated carbocycles. The second-order valence-corrected chi connectivity index (χ2v) is 8.59. The number of ether oxygens (including phenoxy) is 1. The number of aromatic nitrogens is 4. The van der Waals surface area contributed by atoms with Crippen molar-refractivity contribution >= 4 is 11.6 Å². The Bertz CT molecular complexity index is 1210. The molecule has 0 bridgehead atoms. The molecule has 1 aliphatic heterocycles. The first kappa shape index (κ1) is 21.8. The van der Waals surface area contributed by atoms with Crippen molar-refractivity contribution in [2.24, 2.45) is 0 Å². The van der Waals surface area contributed by atoms with Crippen LogP contribution in [0, 0.1) is 6.92 Å². The number of fused-ring (bicyclic) bond motifs is 1. The van der Waals surface area contributed by atoms with Gasteiger partial charge in [0.05, 0.1) is 23.6 Å². The lowest BCUT2D eigenvalue weighted by Crippen LogP contribution is -2.59. The molecule has 3 aromatic rings. The van der Waals surface area contributed by atoms with E-state index >= 15 is 0 Å². The van der Waals surface area contributed by atoms with Crippen LogP contribution in [-0.2, 0) is 16.5 Å². The van der Waals surface area contributed by atoms with Crippen LogP contribution in [0.3, 0.4) is 0 Å². The standard InChI is InChI=1S/C22H22F3N5O3/c1-12-18(19-27-8-14(13-2-3-13)10-30(19)29-12)20(32)28-21(6-7-33-11-17(21)31)16-5-4-15(9-26-16)22(23,24)25/h4-5,8-10,13,17,31H,2-3,6-7,11H2,1H3,(H,28,32)/t17-,21+/m1/s1. The maximum Gasteiger partial charge on any atom is 0.417 e. The van der Waals surface area contributed by atoms with Crippen molar-refractivity contribution in [2.75, 3.05) is 13.2 Å². The number of nitrogens with one attached hydrogen (secondary N) is 1. The number of alkyl halides is 3. The summed E-state index contributed by atoms with van der Waals surface area (Å²) in [6.45, 7) is 1.78. The van der Waals surface area contributed by atoms with Crippen LogP contribution in [-0.4, -0.2) is 49.9 Å². The summed E-state index contributed by atoms with van der Waals surface area (Å²) in [7, 11) is 0. The Labute approximate surface area is 186 Å². The number of hydrogen-bond donors (Lipinski definition) is 2. The van der Waals surface area contributed by atoms with E-state index in [-0.39, 0.29) is 30.9 Å². The van der Waals surface area contributed by atoms with Crippen LogP contribution in [0.4, 0.5) is 13.2 Å². The van der Waals surface area contributed by atoms with Crippen LogP contribution in [0.15, 0.2) is 30.7 Å². The fourth-order valence-corrected chi connectivity index (χ4v) is 4.29. The monoisotopic (exact) mass is 461 g/mol. The summed E-state index contributed by atoms with van der Waals surface area (Å²) in [6.07, 6.45) is 0.878. The molecular weight excluding hydrogens is 439 g/mol. The number of aliphatic hydroxyl groups excluding tert-OH is 1. The molecule has 1 amide bonds. The van der Waals surface area contributed by atoms with Crippen molar-refractivity contribution in [2.45, 2.75) is 49.9 Å². The second-order valence-electron chi connectivity index (χ2n) is 8.59. The van der Waals surface area contributed by atoms with Gasteiger partial charge in [-0.15, -0.1) is 0 Å². The molecular formula is C22H22F3N5O3. The van der Waals surface area contributed by atoms with Crippen LogP contribution in [0.2, 0.25) is 0 Å². The van der Waals surface area contributed by atoms with Crippen LogP contribution < -0.4 is 5.32 Å². The third-order valence-corrected chi connectivity index (χ3v) is 6.31. The van der Waals surface area contributed by atoms with E-state index in [4.69, 9.17) is 4.74 Å². The third kappa shape index (κ3) is 3.84. The Balaban J connectivity index is 1.51. The third-order valence-electron chi connectivity index (χ3n) is 6.31. The fourth-order valence-electron chi connectivity index (χ4n) is 4.29. The molecule has 33 heavy (non-hydrogen) atoms. The first-order chi connectivity index (χ1) is 15.7. The Morgan fingerprint density at radius 1 is 1.27 bits per heavy atom. The smallest absolute Gasteiger partial charge is 0.388 e. The Morgan fingerprint density at radius 2 is 2.06 bits per heavy atom. The first-order valence-corrected chi connectivity index (χ1v) is 10.7. The first-order valence-electron chi connectivity index (χ1n) is 10.7. The van der Waals surface area contributed by atoms with E-state index in [1.165, 1.54) is 6.07 Å². The number of hydrogen-bond acceptors (Lipinski definition) is 6. The van der Waals surface area contributed by atoms with E-state index in [0.29, 0.717) is 23.5 Å². The second kappa shape index (κ2) is 7.77. The molecule has 0 radical (unpaired) electrons. The largest absolute Gasteiger partial charge is 0.417 e. The maximum atomic E-state index is 13.4. The zero-order valence-corrected chi connectivity index (χ0v) is 17.8. The van der Waals surface area contributed by atoms with E-state index in [2.05, 4.69) is 20.4 Å². The van der Waals surface area contributed by atoms with Gasteiger partial charge < -0.3 is 15.2 Å². The van der Waals surface area contributed by atoms with Crippen LogP contribution >= 0.6 is 0 Å². The average molecular weight is 461 g/mol. The number of nitrogens with zero attached hydrogens (tertiary/aromatic N) is 4. The predicted molar refractivity (Wildman–Crippen MR) is 110 cm³/mol. The van der Waals surface area contributed by atoms with Crippen molar-refractivity contribution in [3.05, 3.63) is 58.8 Å². The maximum absolute atomic E-state index is 13.4. The summed E-state index contributed by atoms with van der Waals surface area (Å²) in [5.41, 5.74) is -0.101.